The molecule has 2 saturated heterocycles. The molecule has 0 radical (unpaired) electrons. The Bertz CT molecular complexity index is 1060. The van der Waals surface area contributed by atoms with Crippen molar-refractivity contribution in [2.75, 3.05) is 44.1 Å². The summed E-state index contributed by atoms with van der Waals surface area (Å²) >= 11 is 0. The van der Waals surface area contributed by atoms with Crippen LogP contribution in [0.3, 0.4) is 0 Å². The largest absolute Gasteiger partial charge is 0.377 e. The van der Waals surface area contributed by atoms with Gasteiger partial charge in [0.2, 0.25) is 0 Å². The summed E-state index contributed by atoms with van der Waals surface area (Å²) in [6.07, 6.45) is 2.54. The molecule has 1 N–H and O–H groups in total. The zero-order chi connectivity index (χ0) is 22.7. The Labute approximate surface area is 188 Å². The van der Waals surface area contributed by atoms with Crippen molar-refractivity contribution in [3.05, 3.63) is 59.4 Å². The van der Waals surface area contributed by atoms with Gasteiger partial charge in [0.15, 0.2) is 0 Å². The lowest BCUT2D eigenvalue weighted by atomic mass is 10.1. The number of hydrogen-bond donors (Lipinski definition) is 1. The number of benzene rings is 2. The molecule has 2 heterocycles. The smallest absolute Gasteiger partial charge is 0.262 e. The molecule has 2 aromatic rings. The fraction of sp³-hybridized carbons (Fsp3) is 0.435. The lowest BCUT2D eigenvalue weighted by molar-refractivity contribution is 0.0432. The molecule has 7 nitrogen and oxygen atoms in total. The summed E-state index contributed by atoms with van der Waals surface area (Å²) in [6.45, 7) is 6.26. The first kappa shape index (κ1) is 22.7. The first-order chi connectivity index (χ1) is 15.3. The number of ether oxygens (including phenoxy) is 1. The molecule has 1 amide bonds. The van der Waals surface area contributed by atoms with Crippen LogP contribution in [0.1, 0.15) is 28.8 Å². The van der Waals surface area contributed by atoms with Crippen LogP contribution in [0.25, 0.3) is 0 Å². The minimum atomic E-state index is -3.86. The highest BCUT2D eigenvalue weighted by atomic mass is 32.2. The van der Waals surface area contributed by atoms with Gasteiger partial charge in [0.1, 0.15) is 5.82 Å². The van der Waals surface area contributed by atoms with E-state index in [2.05, 4.69) is 9.62 Å². The number of carbonyl (C=O) groups excluding carboxylic acids is 1. The predicted octanol–water partition coefficient (Wildman–Crippen LogP) is 2.87. The normalized spacial score (nSPS) is 19.8. The number of aryl methyl sites for hydroxylation is 1. The summed E-state index contributed by atoms with van der Waals surface area (Å²) in [5, 5.41) is 0. The summed E-state index contributed by atoms with van der Waals surface area (Å²) in [6, 6.07) is 9.91. The van der Waals surface area contributed by atoms with Crippen LogP contribution in [-0.2, 0) is 14.8 Å². The molecule has 32 heavy (non-hydrogen) atoms. The quantitative estimate of drug-likeness (QED) is 0.716. The first-order valence-electron chi connectivity index (χ1n) is 10.8. The highest BCUT2D eigenvalue weighted by Gasteiger charge is 2.25. The Kier molecular flexibility index (Phi) is 6.78. The average Bonchev–Trinajstić information content (AvgIpc) is 3.27. The lowest BCUT2D eigenvalue weighted by Crippen LogP contribution is -2.50. The summed E-state index contributed by atoms with van der Waals surface area (Å²) in [7, 11) is -3.86. The molecule has 0 unspecified atom stereocenters. The van der Waals surface area contributed by atoms with Gasteiger partial charge in [-0.25, -0.2) is 12.8 Å². The highest BCUT2D eigenvalue weighted by molar-refractivity contribution is 7.92. The first-order valence-corrected chi connectivity index (χ1v) is 12.3. The van der Waals surface area contributed by atoms with Crippen molar-refractivity contribution in [2.24, 2.45) is 0 Å². The number of nitrogens with one attached hydrogen (secondary N) is 1. The molecule has 0 saturated carbocycles. The summed E-state index contributed by atoms with van der Waals surface area (Å²) in [5.74, 6) is -0.553. The summed E-state index contributed by atoms with van der Waals surface area (Å²) < 4.78 is 46.7. The van der Waals surface area contributed by atoms with Crippen molar-refractivity contribution in [3.63, 3.8) is 0 Å². The van der Waals surface area contributed by atoms with Gasteiger partial charge in [-0.1, -0.05) is 0 Å². The molecule has 0 bridgehead atoms. The SMILES string of the molecule is Cc1cc(F)ccc1S(=O)(=O)Nc1ccc(C(=O)N2CCN(C[C@H]3CCCO3)CC2)cc1. The molecular weight excluding hydrogens is 433 g/mol. The van der Waals surface area contributed by atoms with Gasteiger partial charge in [-0.05, 0) is 67.8 Å². The van der Waals surface area contributed by atoms with E-state index in [0.717, 1.165) is 45.1 Å². The monoisotopic (exact) mass is 461 g/mol. The molecule has 1 atom stereocenters. The van der Waals surface area contributed by atoms with Crippen LogP contribution in [-0.4, -0.2) is 69.6 Å². The van der Waals surface area contributed by atoms with Crippen LogP contribution in [0, 0.1) is 12.7 Å². The molecule has 9 heteroatoms. The molecule has 0 aliphatic carbocycles. The van der Waals surface area contributed by atoms with Gasteiger partial charge in [-0.2, -0.15) is 0 Å². The number of rotatable bonds is 6. The van der Waals surface area contributed by atoms with Gasteiger partial charge in [-0.3, -0.25) is 14.4 Å². The van der Waals surface area contributed by atoms with Gasteiger partial charge in [-0.15, -0.1) is 0 Å². The van der Waals surface area contributed by atoms with Crippen LogP contribution in [0.2, 0.25) is 0 Å². The number of nitrogens with zero attached hydrogens (tertiary/aromatic N) is 2. The molecule has 2 aromatic carbocycles. The Morgan fingerprint density at radius 3 is 2.47 bits per heavy atom. The van der Waals surface area contributed by atoms with E-state index in [-0.39, 0.29) is 10.8 Å². The van der Waals surface area contributed by atoms with Gasteiger partial charge in [0.25, 0.3) is 15.9 Å². The molecule has 0 aromatic heterocycles. The van der Waals surface area contributed by atoms with Crippen LogP contribution < -0.4 is 4.72 Å². The Hall–Kier alpha value is -2.49. The number of piperazine rings is 1. The highest BCUT2D eigenvalue weighted by Crippen LogP contribution is 2.21. The molecule has 172 valence electrons. The lowest BCUT2D eigenvalue weighted by Gasteiger charge is -2.35. The standard InChI is InChI=1S/C23H28FN3O4S/c1-17-15-19(24)6-9-22(17)32(29,30)25-20-7-4-18(5-8-20)23(28)27-12-10-26(11-13-27)16-21-3-2-14-31-21/h4-9,15,21,25H,2-3,10-14,16H2,1H3/t21-/m1/s1. The molecule has 4 rings (SSSR count). The molecule has 0 spiro atoms. The number of anilines is 1. The minimum Gasteiger partial charge on any atom is -0.377 e. The topological polar surface area (TPSA) is 79.0 Å². The van der Waals surface area contributed by atoms with Crippen LogP contribution in [0.15, 0.2) is 47.4 Å². The van der Waals surface area contributed by atoms with E-state index in [1.54, 1.807) is 31.2 Å². The average molecular weight is 462 g/mol. The molecular formula is C23H28FN3O4S. The molecule has 2 aliphatic rings. The number of sulfonamides is 1. The van der Waals surface area contributed by atoms with Crippen molar-refractivity contribution in [2.45, 2.75) is 30.8 Å². The number of amides is 1. The van der Waals surface area contributed by atoms with Gasteiger partial charge < -0.3 is 9.64 Å². The van der Waals surface area contributed by atoms with E-state index in [1.165, 1.54) is 12.1 Å². The Morgan fingerprint density at radius 1 is 1.12 bits per heavy atom. The number of hydrogen-bond acceptors (Lipinski definition) is 5. The van der Waals surface area contributed by atoms with Crippen molar-refractivity contribution >= 4 is 21.6 Å². The third-order valence-corrected chi connectivity index (χ3v) is 7.50. The van der Waals surface area contributed by atoms with Crippen molar-refractivity contribution in [1.29, 1.82) is 0 Å². The van der Waals surface area contributed by atoms with Crippen LogP contribution in [0.5, 0.6) is 0 Å². The third kappa shape index (κ3) is 5.28. The van der Waals surface area contributed by atoms with E-state index < -0.39 is 15.8 Å². The maximum atomic E-state index is 13.3. The van der Waals surface area contributed by atoms with Crippen molar-refractivity contribution in [3.8, 4) is 0 Å². The van der Waals surface area contributed by atoms with Crippen LogP contribution in [0.4, 0.5) is 10.1 Å². The maximum absolute atomic E-state index is 13.3. The van der Waals surface area contributed by atoms with Gasteiger partial charge in [0, 0.05) is 50.6 Å². The number of halogens is 1. The fourth-order valence-electron chi connectivity index (χ4n) is 4.20. The second kappa shape index (κ2) is 9.56. The van der Waals surface area contributed by atoms with E-state index in [1.807, 2.05) is 4.90 Å². The summed E-state index contributed by atoms with van der Waals surface area (Å²) in [4.78, 5) is 17.0. The van der Waals surface area contributed by atoms with E-state index in [9.17, 15) is 17.6 Å². The zero-order valence-electron chi connectivity index (χ0n) is 18.1. The van der Waals surface area contributed by atoms with E-state index in [4.69, 9.17) is 4.74 Å². The predicted molar refractivity (Wildman–Crippen MR) is 120 cm³/mol. The second-order valence-electron chi connectivity index (χ2n) is 8.32. The minimum absolute atomic E-state index is 0.0138. The maximum Gasteiger partial charge on any atom is 0.262 e. The Morgan fingerprint density at radius 2 is 1.84 bits per heavy atom. The Balaban J connectivity index is 1.34. The van der Waals surface area contributed by atoms with E-state index in [0.29, 0.717) is 36.0 Å². The summed E-state index contributed by atoms with van der Waals surface area (Å²) in [5.41, 5.74) is 1.17. The molecule has 2 fully saturated rings. The van der Waals surface area contributed by atoms with Crippen LogP contribution >= 0.6 is 0 Å². The zero-order valence-corrected chi connectivity index (χ0v) is 18.9. The fourth-order valence-corrected chi connectivity index (χ4v) is 5.48. The second-order valence-corrected chi connectivity index (χ2v) is 9.97. The third-order valence-electron chi connectivity index (χ3n) is 5.96. The van der Waals surface area contributed by atoms with Crippen molar-refractivity contribution < 1.29 is 22.3 Å². The van der Waals surface area contributed by atoms with Gasteiger partial charge in [0.05, 0.1) is 11.0 Å². The van der Waals surface area contributed by atoms with Crippen molar-refractivity contribution in [1.82, 2.24) is 9.80 Å². The van der Waals surface area contributed by atoms with Gasteiger partial charge >= 0.3 is 0 Å². The molecule has 2 aliphatic heterocycles. The number of carbonyl (C=O) groups is 1. The van der Waals surface area contributed by atoms with E-state index >= 15 is 0 Å².